The van der Waals surface area contributed by atoms with Gasteiger partial charge in [0.05, 0.1) is 6.10 Å². The Labute approximate surface area is 191 Å². The molecule has 0 spiro atoms. The van der Waals surface area contributed by atoms with E-state index < -0.39 is 0 Å². The highest BCUT2D eigenvalue weighted by Gasteiger charge is 2.15. The van der Waals surface area contributed by atoms with Crippen LogP contribution in [0, 0.1) is 0 Å². The fourth-order valence-corrected chi connectivity index (χ4v) is 3.31. The molecular weight excluding hydrogens is 481 g/mol. The van der Waals surface area contributed by atoms with Gasteiger partial charge in [0.2, 0.25) is 0 Å². The van der Waals surface area contributed by atoms with Crippen molar-refractivity contribution in [2.45, 2.75) is 38.7 Å². The molecule has 164 valence electrons. The average molecular weight is 517 g/mol. The highest BCUT2D eigenvalue weighted by atomic mass is 127. The Balaban J connectivity index is 0.00000420. The quantitative estimate of drug-likeness (QED) is 0.173. The van der Waals surface area contributed by atoms with Crippen LogP contribution in [0.1, 0.15) is 42.1 Å². The Hall–Kier alpha value is -1.39. The number of likely N-dealkylation sites (tertiary alicyclic amines) is 1. The Morgan fingerprint density at radius 1 is 1.28 bits per heavy atom. The van der Waals surface area contributed by atoms with Gasteiger partial charge in [0.25, 0.3) is 5.91 Å². The number of amides is 1. The number of hydrogen-bond donors (Lipinski definition) is 4. The average Bonchev–Trinajstić information content (AvgIpc) is 2.72. The summed E-state index contributed by atoms with van der Waals surface area (Å²) >= 11 is 0. The second kappa shape index (κ2) is 14.6. The minimum atomic E-state index is -0.115. The lowest BCUT2D eigenvalue weighted by Gasteiger charge is -2.29. The van der Waals surface area contributed by atoms with Crippen molar-refractivity contribution in [2.24, 2.45) is 4.99 Å². The SMILES string of the molecule is CCNC(=NCCCN1CCC(O)CC1)NCCc1cccc(C(=O)NC)c1.I. The van der Waals surface area contributed by atoms with Crippen molar-refractivity contribution < 1.29 is 9.90 Å². The van der Waals surface area contributed by atoms with Crippen molar-refractivity contribution in [1.29, 1.82) is 0 Å². The third kappa shape index (κ3) is 9.77. The minimum Gasteiger partial charge on any atom is -0.393 e. The van der Waals surface area contributed by atoms with Gasteiger partial charge < -0.3 is 26.0 Å². The third-order valence-electron chi connectivity index (χ3n) is 4.93. The zero-order valence-electron chi connectivity index (χ0n) is 17.6. The lowest BCUT2D eigenvalue weighted by atomic mass is 10.1. The van der Waals surface area contributed by atoms with Gasteiger partial charge in [0.15, 0.2) is 5.96 Å². The van der Waals surface area contributed by atoms with Gasteiger partial charge >= 0.3 is 0 Å². The van der Waals surface area contributed by atoms with E-state index in [-0.39, 0.29) is 36.0 Å². The first-order valence-electron chi connectivity index (χ1n) is 10.4. The summed E-state index contributed by atoms with van der Waals surface area (Å²) in [6, 6.07) is 7.71. The maximum absolute atomic E-state index is 11.7. The molecule has 1 heterocycles. The number of aliphatic hydroxyl groups is 1. The van der Waals surface area contributed by atoms with Crippen LogP contribution in [0.25, 0.3) is 0 Å². The Bertz CT molecular complexity index is 633. The maximum atomic E-state index is 11.7. The normalized spacial score (nSPS) is 15.5. The Morgan fingerprint density at radius 2 is 2.03 bits per heavy atom. The van der Waals surface area contributed by atoms with Crippen LogP contribution in [0.5, 0.6) is 0 Å². The number of rotatable bonds is 9. The molecule has 1 amide bonds. The molecule has 1 saturated heterocycles. The third-order valence-corrected chi connectivity index (χ3v) is 4.93. The van der Waals surface area contributed by atoms with Gasteiger partial charge in [-0.3, -0.25) is 9.79 Å². The fraction of sp³-hybridized carbons (Fsp3) is 0.619. The molecule has 1 aliphatic heterocycles. The molecule has 0 aromatic heterocycles. The molecule has 0 bridgehead atoms. The van der Waals surface area contributed by atoms with Crippen molar-refractivity contribution in [1.82, 2.24) is 20.9 Å². The standard InChI is InChI=1S/C21H35N5O2.HI/c1-3-23-21(24-11-5-13-26-14-9-19(27)10-15-26)25-12-8-17-6-4-7-18(16-17)20(28)22-2;/h4,6-7,16,19,27H,3,5,8-15H2,1-2H3,(H,22,28)(H2,23,24,25);1H. The lowest BCUT2D eigenvalue weighted by molar-refractivity contribution is 0.0824. The maximum Gasteiger partial charge on any atom is 0.251 e. The van der Waals surface area contributed by atoms with E-state index in [0.29, 0.717) is 5.56 Å². The molecule has 0 radical (unpaired) electrons. The smallest absolute Gasteiger partial charge is 0.251 e. The van der Waals surface area contributed by atoms with Gasteiger partial charge in [-0.05, 0) is 56.8 Å². The van der Waals surface area contributed by atoms with Crippen LogP contribution in [0.4, 0.5) is 0 Å². The van der Waals surface area contributed by atoms with E-state index in [9.17, 15) is 9.90 Å². The van der Waals surface area contributed by atoms with E-state index in [1.165, 1.54) is 0 Å². The molecule has 4 N–H and O–H groups in total. The molecule has 29 heavy (non-hydrogen) atoms. The van der Waals surface area contributed by atoms with Gasteiger partial charge in [-0.1, -0.05) is 12.1 Å². The summed E-state index contributed by atoms with van der Waals surface area (Å²) < 4.78 is 0. The molecule has 1 fully saturated rings. The molecule has 2 rings (SSSR count). The van der Waals surface area contributed by atoms with Crippen LogP contribution in [-0.2, 0) is 6.42 Å². The summed E-state index contributed by atoms with van der Waals surface area (Å²) in [5, 5.41) is 18.9. The minimum absolute atomic E-state index is 0. The van der Waals surface area contributed by atoms with E-state index in [4.69, 9.17) is 0 Å². The second-order valence-corrected chi connectivity index (χ2v) is 7.14. The van der Waals surface area contributed by atoms with Crippen LogP contribution >= 0.6 is 24.0 Å². The molecule has 0 aliphatic carbocycles. The largest absolute Gasteiger partial charge is 0.393 e. The highest BCUT2D eigenvalue weighted by Crippen LogP contribution is 2.10. The number of carbonyl (C=O) groups is 1. The van der Waals surface area contributed by atoms with Crippen LogP contribution in [0.3, 0.4) is 0 Å². The zero-order chi connectivity index (χ0) is 20.2. The molecule has 7 nitrogen and oxygen atoms in total. The first kappa shape index (κ1) is 25.6. The summed E-state index contributed by atoms with van der Waals surface area (Å²) in [5.41, 5.74) is 1.81. The van der Waals surface area contributed by atoms with Crippen LogP contribution in [0.15, 0.2) is 29.3 Å². The summed E-state index contributed by atoms with van der Waals surface area (Å²) in [7, 11) is 1.64. The molecule has 1 aromatic carbocycles. The number of nitrogens with one attached hydrogen (secondary N) is 3. The Kier molecular flexibility index (Phi) is 12.9. The van der Waals surface area contributed by atoms with Gasteiger partial charge in [-0.2, -0.15) is 0 Å². The molecule has 8 heteroatoms. The summed E-state index contributed by atoms with van der Waals surface area (Å²) in [5.74, 6) is 0.770. The van der Waals surface area contributed by atoms with E-state index in [1.807, 2.05) is 24.3 Å². The van der Waals surface area contributed by atoms with E-state index >= 15 is 0 Å². The first-order chi connectivity index (χ1) is 13.6. The van der Waals surface area contributed by atoms with Crippen LogP contribution < -0.4 is 16.0 Å². The molecule has 0 atom stereocenters. The van der Waals surface area contributed by atoms with Crippen LogP contribution in [-0.4, -0.2) is 74.3 Å². The fourth-order valence-electron chi connectivity index (χ4n) is 3.31. The molecule has 0 unspecified atom stereocenters. The van der Waals surface area contributed by atoms with Crippen molar-refractivity contribution in [3.05, 3.63) is 35.4 Å². The monoisotopic (exact) mass is 517 g/mol. The predicted molar refractivity (Wildman–Crippen MR) is 129 cm³/mol. The predicted octanol–water partition coefficient (Wildman–Crippen LogP) is 1.61. The van der Waals surface area contributed by atoms with E-state index in [1.54, 1.807) is 7.05 Å². The number of nitrogens with zero attached hydrogens (tertiary/aromatic N) is 2. The van der Waals surface area contributed by atoms with E-state index in [0.717, 1.165) is 76.5 Å². The first-order valence-corrected chi connectivity index (χ1v) is 10.4. The number of hydrogen-bond acceptors (Lipinski definition) is 4. The van der Waals surface area contributed by atoms with Gasteiger partial charge in [-0.25, -0.2) is 0 Å². The summed E-state index contributed by atoms with van der Waals surface area (Å²) in [4.78, 5) is 18.8. The molecule has 1 aliphatic rings. The number of benzene rings is 1. The summed E-state index contributed by atoms with van der Waals surface area (Å²) in [6.45, 7) is 7.41. The highest BCUT2D eigenvalue weighted by molar-refractivity contribution is 14.0. The zero-order valence-corrected chi connectivity index (χ0v) is 19.9. The number of piperidine rings is 1. The Morgan fingerprint density at radius 3 is 2.72 bits per heavy atom. The van der Waals surface area contributed by atoms with E-state index in [2.05, 4.69) is 32.8 Å². The molecule has 0 saturated carbocycles. The number of guanidine groups is 1. The van der Waals surface area contributed by atoms with Gasteiger partial charge in [0, 0.05) is 45.3 Å². The second-order valence-electron chi connectivity index (χ2n) is 7.14. The summed E-state index contributed by atoms with van der Waals surface area (Å²) in [6.07, 6.45) is 3.49. The van der Waals surface area contributed by atoms with Gasteiger partial charge in [0.1, 0.15) is 0 Å². The van der Waals surface area contributed by atoms with Crippen LogP contribution in [0.2, 0.25) is 0 Å². The number of halogens is 1. The molecular formula is C21H36IN5O2. The molecule has 1 aromatic rings. The lowest BCUT2D eigenvalue weighted by Crippen LogP contribution is -2.39. The van der Waals surface area contributed by atoms with Crippen molar-refractivity contribution in [3.8, 4) is 0 Å². The van der Waals surface area contributed by atoms with Crippen molar-refractivity contribution in [3.63, 3.8) is 0 Å². The number of aliphatic hydroxyl groups excluding tert-OH is 1. The number of carbonyl (C=O) groups excluding carboxylic acids is 1. The van der Waals surface area contributed by atoms with Crippen molar-refractivity contribution >= 4 is 35.8 Å². The van der Waals surface area contributed by atoms with Gasteiger partial charge in [-0.15, -0.1) is 24.0 Å². The number of aliphatic imine (C=N–C) groups is 1. The van der Waals surface area contributed by atoms with Crippen molar-refractivity contribution in [2.75, 3.05) is 46.3 Å². The topological polar surface area (TPSA) is 89.0 Å².